The number of nitrogens with zero attached hydrogens (tertiary/aromatic N) is 4. The van der Waals surface area contributed by atoms with E-state index >= 15 is 0 Å². The van der Waals surface area contributed by atoms with E-state index in [0.29, 0.717) is 49.9 Å². The molecule has 2 amide bonds. The first-order valence-corrected chi connectivity index (χ1v) is 11.2. The monoisotopic (exact) mass is 487 g/mol. The Morgan fingerprint density at radius 3 is 2.69 bits per heavy atom. The van der Waals surface area contributed by atoms with E-state index < -0.39 is 22.9 Å². The maximum atomic E-state index is 15.0. The number of carbonyl (C=O) groups is 2. The number of piperazine rings is 1. The highest BCUT2D eigenvalue weighted by atomic mass is 19.1. The number of hydrogen-bond donors (Lipinski definition) is 1. The summed E-state index contributed by atoms with van der Waals surface area (Å²) < 4.78 is 25.3. The molecule has 0 unspecified atom stereocenters. The van der Waals surface area contributed by atoms with E-state index in [1.54, 1.807) is 24.3 Å². The fourth-order valence-electron chi connectivity index (χ4n) is 4.04. The first kappa shape index (κ1) is 24.2. The van der Waals surface area contributed by atoms with Gasteiger partial charge in [-0.25, -0.2) is 9.18 Å². The van der Waals surface area contributed by atoms with Gasteiger partial charge in [0.25, 0.3) is 0 Å². The van der Waals surface area contributed by atoms with Crippen LogP contribution in [-0.4, -0.2) is 73.7 Å². The highest BCUT2D eigenvalue weighted by molar-refractivity contribution is 5.90. The third-order valence-corrected chi connectivity index (χ3v) is 5.85. The lowest BCUT2D eigenvalue weighted by molar-refractivity contribution is -0.402. The van der Waals surface area contributed by atoms with Crippen molar-refractivity contribution in [2.75, 3.05) is 55.6 Å². The van der Waals surface area contributed by atoms with E-state index in [2.05, 4.69) is 10.2 Å². The van der Waals surface area contributed by atoms with Crippen molar-refractivity contribution >= 4 is 35.3 Å². The molecule has 1 N–H and O–H groups in total. The van der Waals surface area contributed by atoms with E-state index in [9.17, 15) is 24.1 Å². The van der Waals surface area contributed by atoms with Crippen LogP contribution >= 0.6 is 0 Å². The highest BCUT2D eigenvalue weighted by Gasteiger charge is 2.33. The molecule has 1 aromatic heterocycles. The van der Waals surface area contributed by atoms with E-state index in [0.717, 1.165) is 0 Å². The number of anilines is 2. The van der Waals surface area contributed by atoms with Crippen molar-refractivity contribution in [2.45, 2.75) is 13.0 Å². The maximum absolute atomic E-state index is 15.0. The van der Waals surface area contributed by atoms with Crippen LogP contribution in [0, 0.1) is 15.9 Å². The number of furan rings is 1. The molecule has 1 atom stereocenters. The van der Waals surface area contributed by atoms with Crippen LogP contribution < -0.4 is 15.1 Å². The predicted molar refractivity (Wildman–Crippen MR) is 126 cm³/mol. The van der Waals surface area contributed by atoms with Gasteiger partial charge in [-0.1, -0.05) is 6.08 Å². The predicted octanol–water partition coefficient (Wildman–Crippen LogP) is 2.62. The molecule has 0 bridgehead atoms. The maximum Gasteiger partial charge on any atom is 0.433 e. The van der Waals surface area contributed by atoms with Gasteiger partial charge in [-0.3, -0.25) is 24.7 Å². The van der Waals surface area contributed by atoms with Gasteiger partial charge in [-0.05, 0) is 30.3 Å². The topological polar surface area (TPSA) is 121 Å². The molecule has 3 heterocycles. The van der Waals surface area contributed by atoms with Gasteiger partial charge in [-0.2, -0.15) is 0 Å². The summed E-state index contributed by atoms with van der Waals surface area (Å²) in [5, 5.41) is 13.3. The van der Waals surface area contributed by atoms with Crippen molar-refractivity contribution < 1.29 is 28.1 Å². The Hall–Kier alpha value is -3.93. The molecule has 2 aliphatic rings. The minimum Gasteiger partial charge on any atom is -0.442 e. The van der Waals surface area contributed by atoms with Gasteiger partial charge < -0.3 is 19.4 Å². The quantitative estimate of drug-likeness (QED) is 0.446. The third kappa shape index (κ3) is 5.96. The van der Waals surface area contributed by atoms with Crippen molar-refractivity contribution in [1.82, 2.24) is 10.2 Å². The van der Waals surface area contributed by atoms with Gasteiger partial charge >= 0.3 is 12.0 Å². The number of nitro groups is 1. The number of benzene rings is 1. The zero-order valence-corrected chi connectivity index (χ0v) is 19.2. The van der Waals surface area contributed by atoms with Gasteiger partial charge in [0.2, 0.25) is 5.91 Å². The van der Waals surface area contributed by atoms with E-state index in [4.69, 9.17) is 9.15 Å². The summed E-state index contributed by atoms with van der Waals surface area (Å²) in [5.74, 6) is -0.512. The largest absolute Gasteiger partial charge is 0.442 e. The Kier molecular flexibility index (Phi) is 7.30. The molecule has 2 aliphatic heterocycles. The average molecular weight is 487 g/mol. The van der Waals surface area contributed by atoms with E-state index in [-0.39, 0.29) is 24.9 Å². The summed E-state index contributed by atoms with van der Waals surface area (Å²) >= 11 is 0. The second-order valence-electron chi connectivity index (χ2n) is 8.31. The lowest BCUT2D eigenvalue weighted by atomic mass is 10.2. The first-order chi connectivity index (χ1) is 16.8. The van der Waals surface area contributed by atoms with Gasteiger partial charge in [0.05, 0.1) is 30.5 Å². The lowest BCUT2D eigenvalue weighted by Crippen LogP contribution is -2.46. The van der Waals surface area contributed by atoms with Crippen molar-refractivity contribution in [3.05, 3.63) is 58.1 Å². The number of halogens is 1. The molecule has 186 valence electrons. The van der Waals surface area contributed by atoms with Crippen LogP contribution in [0.3, 0.4) is 0 Å². The summed E-state index contributed by atoms with van der Waals surface area (Å²) in [6, 6.07) is 7.55. The number of rotatable bonds is 8. The van der Waals surface area contributed by atoms with Crippen molar-refractivity contribution in [1.29, 1.82) is 0 Å². The van der Waals surface area contributed by atoms with Crippen LogP contribution in [-0.2, 0) is 9.53 Å². The Morgan fingerprint density at radius 2 is 2.03 bits per heavy atom. The van der Waals surface area contributed by atoms with E-state index in [1.807, 2.05) is 11.0 Å². The van der Waals surface area contributed by atoms with E-state index in [1.165, 1.54) is 24.0 Å². The van der Waals surface area contributed by atoms with Gasteiger partial charge in [0.1, 0.15) is 22.6 Å². The SMILES string of the molecule is CC(=O)NC[C@H]1CN(c2ccc(N3CCN(C/C=C/c4ccc([N+](=O)[O-])o4)CC3)c(F)c2)C(=O)O1. The first-order valence-electron chi connectivity index (χ1n) is 11.2. The normalized spacial score (nSPS) is 18.8. The number of ether oxygens (including phenoxy) is 1. The fourth-order valence-corrected chi connectivity index (χ4v) is 4.04. The summed E-state index contributed by atoms with van der Waals surface area (Å²) in [4.78, 5) is 38.8. The lowest BCUT2D eigenvalue weighted by Gasteiger charge is -2.35. The summed E-state index contributed by atoms with van der Waals surface area (Å²) in [6.45, 7) is 5.15. The number of nitrogens with one attached hydrogen (secondary N) is 1. The zero-order chi connectivity index (χ0) is 24.9. The van der Waals surface area contributed by atoms with Gasteiger partial charge in [-0.15, -0.1) is 0 Å². The Morgan fingerprint density at radius 1 is 1.26 bits per heavy atom. The molecule has 12 heteroatoms. The number of cyclic esters (lactones) is 1. The highest BCUT2D eigenvalue weighted by Crippen LogP contribution is 2.28. The smallest absolute Gasteiger partial charge is 0.433 e. The molecule has 0 radical (unpaired) electrons. The molecule has 0 spiro atoms. The minimum absolute atomic E-state index is 0.207. The van der Waals surface area contributed by atoms with Crippen LogP contribution in [0.15, 0.2) is 40.8 Å². The van der Waals surface area contributed by atoms with Crippen LogP contribution in [0.2, 0.25) is 0 Å². The molecule has 0 aliphatic carbocycles. The molecule has 1 aromatic carbocycles. The molecule has 35 heavy (non-hydrogen) atoms. The van der Waals surface area contributed by atoms with Crippen LogP contribution in [0.4, 0.5) is 26.4 Å². The Bertz CT molecular complexity index is 1130. The molecule has 0 saturated carbocycles. The zero-order valence-electron chi connectivity index (χ0n) is 19.2. The Labute approximate surface area is 200 Å². The van der Waals surface area contributed by atoms with Crippen molar-refractivity contribution in [3.63, 3.8) is 0 Å². The number of hydrogen-bond acceptors (Lipinski definition) is 8. The second-order valence-corrected chi connectivity index (χ2v) is 8.31. The summed E-state index contributed by atoms with van der Waals surface area (Å²) in [7, 11) is 0. The number of carbonyl (C=O) groups excluding carboxylic acids is 2. The molecule has 2 saturated heterocycles. The molecule has 4 rings (SSSR count). The molecule has 2 aromatic rings. The number of amides is 2. The Balaban J connectivity index is 1.29. The standard InChI is InChI=1S/C23H26FN5O6/c1-16(30)25-14-19-15-28(23(31)35-19)17-4-6-21(20(24)13-17)27-11-9-26(10-12-27)8-2-3-18-5-7-22(34-18)29(32)33/h2-7,13,19H,8-12,14-15H2,1H3,(H,25,30)/b3-2+/t19-/m0/s1. The summed E-state index contributed by atoms with van der Waals surface area (Å²) in [6.07, 6.45) is 2.52. The second kappa shape index (κ2) is 10.6. The van der Waals surface area contributed by atoms with Crippen molar-refractivity contribution in [3.8, 4) is 0 Å². The molecular weight excluding hydrogens is 461 g/mol. The van der Waals surface area contributed by atoms with Crippen molar-refractivity contribution in [2.24, 2.45) is 0 Å². The van der Waals surface area contributed by atoms with Gasteiger partial charge in [0.15, 0.2) is 0 Å². The van der Waals surface area contributed by atoms with Gasteiger partial charge in [0, 0.05) is 39.6 Å². The summed E-state index contributed by atoms with van der Waals surface area (Å²) in [5.41, 5.74) is 0.873. The van der Waals surface area contributed by atoms with Crippen LogP contribution in [0.5, 0.6) is 0 Å². The molecule has 11 nitrogen and oxygen atoms in total. The third-order valence-electron chi connectivity index (χ3n) is 5.85. The minimum atomic E-state index is -0.579. The molecular formula is C23H26FN5O6. The van der Waals surface area contributed by atoms with Crippen LogP contribution in [0.25, 0.3) is 6.08 Å². The average Bonchev–Trinajstić information content (AvgIpc) is 3.45. The fraction of sp³-hybridized carbons (Fsp3) is 0.391. The van der Waals surface area contributed by atoms with Crippen LogP contribution in [0.1, 0.15) is 12.7 Å². The molecule has 2 fully saturated rings.